The first-order valence-electron chi connectivity index (χ1n) is 6.32. The molecule has 0 saturated carbocycles. The van der Waals surface area contributed by atoms with Crippen molar-refractivity contribution in [1.82, 2.24) is 10.6 Å². The zero-order valence-corrected chi connectivity index (χ0v) is 12.3. The van der Waals surface area contributed by atoms with Gasteiger partial charge in [-0.3, -0.25) is 10.1 Å². The number of carbonyl (C=O) groups is 1. The molecule has 0 bridgehead atoms. The SMILES string of the molecule is COCCNC(=O)C(C)N[C@@H](C)c1cccc(Cl)c1. The summed E-state index contributed by atoms with van der Waals surface area (Å²) in [4.78, 5) is 11.8. The van der Waals surface area contributed by atoms with Gasteiger partial charge in [-0.15, -0.1) is 0 Å². The molecule has 2 atom stereocenters. The number of benzene rings is 1. The quantitative estimate of drug-likeness (QED) is 0.754. The zero-order chi connectivity index (χ0) is 14.3. The van der Waals surface area contributed by atoms with Crippen molar-refractivity contribution in [2.24, 2.45) is 0 Å². The second-order valence-corrected chi connectivity index (χ2v) is 4.89. The molecule has 0 saturated heterocycles. The van der Waals surface area contributed by atoms with E-state index in [-0.39, 0.29) is 18.0 Å². The van der Waals surface area contributed by atoms with Crippen molar-refractivity contribution in [2.75, 3.05) is 20.3 Å². The lowest BCUT2D eigenvalue weighted by atomic mass is 10.1. The van der Waals surface area contributed by atoms with Gasteiger partial charge >= 0.3 is 0 Å². The van der Waals surface area contributed by atoms with E-state index < -0.39 is 0 Å². The molecule has 1 aromatic rings. The molecule has 0 aliphatic carbocycles. The highest BCUT2D eigenvalue weighted by atomic mass is 35.5. The Bertz CT molecular complexity index is 412. The number of hydrogen-bond acceptors (Lipinski definition) is 3. The lowest BCUT2D eigenvalue weighted by Crippen LogP contribution is -2.44. The van der Waals surface area contributed by atoms with Gasteiger partial charge < -0.3 is 10.1 Å². The normalized spacial score (nSPS) is 13.9. The highest BCUT2D eigenvalue weighted by Crippen LogP contribution is 2.17. The van der Waals surface area contributed by atoms with Crippen molar-refractivity contribution < 1.29 is 9.53 Å². The van der Waals surface area contributed by atoms with Gasteiger partial charge in [-0.1, -0.05) is 23.7 Å². The van der Waals surface area contributed by atoms with Crippen molar-refractivity contribution in [1.29, 1.82) is 0 Å². The summed E-state index contributed by atoms with van der Waals surface area (Å²) in [6.07, 6.45) is 0. The van der Waals surface area contributed by atoms with Crippen LogP contribution in [0, 0.1) is 0 Å². The summed E-state index contributed by atoms with van der Waals surface area (Å²) >= 11 is 5.95. The summed E-state index contributed by atoms with van der Waals surface area (Å²) in [6.45, 7) is 4.88. The molecule has 5 heteroatoms. The molecule has 0 spiro atoms. The Hall–Kier alpha value is -1.10. The number of carbonyl (C=O) groups excluding carboxylic acids is 1. The van der Waals surface area contributed by atoms with Gasteiger partial charge in [0.2, 0.25) is 5.91 Å². The summed E-state index contributed by atoms with van der Waals surface area (Å²) in [5, 5.41) is 6.74. The maximum atomic E-state index is 11.8. The molecule has 1 unspecified atom stereocenters. The molecule has 0 aliphatic heterocycles. The largest absolute Gasteiger partial charge is 0.383 e. The number of rotatable bonds is 7. The molecule has 1 amide bonds. The molecule has 0 aromatic heterocycles. The maximum Gasteiger partial charge on any atom is 0.236 e. The van der Waals surface area contributed by atoms with Crippen molar-refractivity contribution >= 4 is 17.5 Å². The van der Waals surface area contributed by atoms with Crippen LogP contribution in [0.5, 0.6) is 0 Å². The second-order valence-electron chi connectivity index (χ2n) is 4.45. The highest BCUT2D eigenvalue weighted by molar-refractivity contribution is 6.30. The second kappa shape index (κ2) is 8.15. The van der Waals surface area contributed by atoms with E-state index in [1.165, 1.54) is 0 Å². The van der Waals surface area contributed by atoms with Gasteiger partial charge in [0.25, 0.3) is 0 Å². The van der Waals surface area contributed by atoms with Gasteiger partial charge in [0.1, 0.15) is 0 Å². The predicted octanol–water partition coefficient (Wildman–Crippen LogP) is 2.14. The van der Waals surface area contributed by atoms with E-state index in [1.807, 2.05) is 38.1 Å². The molecule has 1 rings (SSSR count). The minimum absolute atomic E-state index is 0.0362. The predicted molar refractivity (Wildman–Crippen MR) is 77.4 cm³/mol. The van der Waals surface area contributed by atoms with Crippen LogP contribution in [-0.4, -0.2) is 32.2 Å². The van der Waals surface area contributed by atoms with Crippen LogP contribution in [0.4, 0.5) is 0 Å². The first-order chi connectivity index (χ1) is 9.04. The van der Waals surface area contributed by atoms with E-state index in [9.17, 15) is 4.79 Å². The highest BCUT2D eigenvalue weighted by Gasteiger charge is 2.15. The average Bonchev–Trinajstić information content (AvgIpc) is 2.38. The molecule has 106 valence electrons. The van der Waals surface area contributed by atoms with Gasteiger partial charge in [-0.05, 0) is 31.5 Å². The third-order valence-corrected chi connectivity index (χ3v) is 3.08. The van der Waals surface area contributed by atoms with Gasteiger partial charge in [-0.25, -0.2) is 0 Å². The van der Waals surface area contributed by atoms with Crippen molar-refractivity contribution in [2.45, 2.75) is 25.9 Å². The Morgan fingerprint density at radius 1 is 1.42 bits per heavy atom. The molecule has 0 heterocycles. The molecular formula is C14H21ClN2O2. The van der Waals surface area contributed by atoms with E-state index >= 15 is 0 Å². The van der Waals surface area contributed by atoms with Gasteiger partial charge in [0.05, 0.1) is 12.6 Å². The Morgan fingerprint density at radius 2 is 2.16 bits per heavy atom. The molecule has 1 aromatic carbocycles. The van der Waals surface area contributed by atoms with Gasteiger partial charge in [0, 0.05) is 24.7 Å². The monoisotopic (exact) mass is 284 g/mol. The Kier molecular flexibility index (Phi) is 6.84. The average molecular weight is 285 g/mol. The summed E-state index contributed by atoms with van der Waals surface area (Å²) in [6, 6.07) is 7.40. The van der Waals surface area contributed by atoms with E-state index in [0.29, 0.717) is 18.2 Å². The minimum Gasteiger partial charge on any atom is -0.383 e. The third kappa shape index (κ3) is 5.59. The number of amides is 1. The standard InChI is InChI=1S/C14H21ClN2O2/c1-10(12-5-4-6-13(15)9-12)17-11(2)14(18)16-7-8-19-3/h4-6,9-11,17H,7-8H2,1-3H3,(H,16,18)/t10-,11?/m0/s1. The summed E-state index contributed by atoms with van der Waals surface area (Å²) in [5.74, 6) is -0.0362. The summed E-state index contributed by atoms with van der Waals surface area (Å²) in [5.41, 5.74) is 1.06. The smallest absolute Gasteiger partial charge is 0.236 e. The number of nitrogens with one attached hydrogen (secondary N) is 2. The first kappa shape index (κ1) is 16.0. The van der Waals surface area contributed by atoms with Crippen LogP contribution < -0.4 is 10.6 Å². The van der Waals surface area contributed by atoms with Gasteiger partial charge in [0.15, 0.2) is 0 Å². The van der Waals surface area contributed by atoms with Gasteiger partial charge in [-0.2, -0.15) is 0 Å². The van der Waals surface area contributed by atoms with E-state index in [2.05, 4.69) is 10.6 Å². The zero-order valence-electron chi connectivity index (χ0n) is 11.6. The molecule has 19 heavy (non-hydrogen) atoms. The van der Waals surface area contributed by atoms with E-state index in [1.54, 1.807) is 7.11 Å². The van der Waals surface area contributed by atoms with Crippen molar-refractivity contribution in [3.63, 3.8) is 0 Å². The fraction of sp³-hybridized carbons (Fsp3) is 0.500. The van der Waals surface area contributed by atoms with E-state index in [0.717, 1.165) is 5.56 Å². The molecule has 4 nitrogen and oxygen atoms in total. The van der Waals surface area contributed by atoms with Crippen LogP contribution >= 0.6 is 11.6 Å². The van der Waals surface area contributed by atoms with Crippen LogP contribution in [0.3, 0.4) is 0 Å². The lowest BCUT2D eigenvalue weighted by Gasteiger charge is -2.20. The van der Waals surface area contributed by atoms with Crippen LogP contribution in [0.2, 0.25) is 5.02 Å². The maximum absolute atomic E-state index is 11.8. The van der Waals surface area contributed by atoms with Crippen LogP contribution in [0.1, 0.15) is 25.5 Å². The number of hydrogen-bond donors (Lipinski definition) is 2. The summed E-state index contributed by atoms with van der Waals surface area (Å²) in [7, 11) is 1.61. The number of methoxy groups -OCH3 is 1. The Balaban J connectivity index is 2.47. The molecule has 0 radical (unpaired) electrons. The van der Waals surface area contributed by atoms with E-state index in [4.69, 9.17) is 16.3 Å². The first-order valence-corrected chi connectivity index (χ1v) is 6.70. The van der Waals surface area contributed by atoms with Crippen LogP contribution in [-0.2, 0) is 9.53 Å². The topological polar surface area (TPSA) is 50.4 Å². The number of ether oxygens (including phenoxy) is 1. The third-order valence-electron chi connectivity index (χ3n) is 2.85. The molecular weight excluding hydrogens is 264 g/mol. The fourth-order valence-electron chi connectivity index (χ4n) is 1.75. The fourth-order valence-corrected chi connectivity index (χ4v) is 1.95. The molecule has 0 fully saturated rings. The Morgan fingerprint density at radius 3 is 2.79 bits per heavy atom. The number of halogens is 1. The van der Waals surface area contributed by atoms with Crippen molar-refractivity contribution in [3.05, 3.63) is 34.9 Å². The summed E-state index contributed by atoms with van der Waals surface area (Å²) < 4.78 is 4.89. The van der Waals surface area contributed by atoms with Crippen LogP contribution in [0.15, 0.2) is 24.3 Å². The Labute approximate surface area is 119 Å². The van der Waals surface area contributed by atoms with Crippen LogP contribution in [0.25, 0.3) is 0 Å². The minimum atomic E-state index is -0.272. The lowest BCUT2D eigenvalue weighted by molar-refractivity contribution is -0.123. The molecule has 2 N–H and O–H groups in total. The molecule has 0 aliphatic rings. The van der Waals surface area contributed by atoms with Crippen molar-refractivity contribution in [3.8, 4) is 0 Å².